The van der Waals surface area contributed by atoms with Crippen LogP contribution < -0.4 is 4.90 Å². The molecule has 26 heavy (non-hydrogen) atoms. The maximum atomic E-state index is 12.6. The molecule has 2 saturated heterocycles. The monoisotopic (exact) mass is 380 g/mol. The van der Waals surface area contributed by atoms with Crippen LogP contribution in [0.2, 0.25) is 0 Å². The van der Waals surface area contributed by atoms with Crippen LogP contribution in [0.4, 0.5) is 9.93 Å². The Morgan fingerprint density at radius 1 is 1.15 bits per heavy atom. The Morgan fingerprint density at radius 3 is 2.19 bits per heavy atom. The Morgan fingerprint density at radius 2 is 1.73 bits per heavy atom. The average molecular weight is 381 g/mol. The molecule has 0 aromatic carbocycles. The molecule has 0 saturated carbocycles. The zero-order valence-electron chi connectivity index (χ0n) is 17.1. The molecule has 2 bridgehead atoms. The number of carbonyl (C=O) groups excluding carboxylic acids is 1. The van der Waals surface area contributed by atoms with Crippen LogP contribution in [0.1, 0.15) is 73.1 Å². The highest BCUT2D eigenvalue weighted by atomic mass is 32.1. The van der Waals surface area contributed by atoms with Crippen molar-refractivity contribution in [2.75, 3.05) is 11.9 Å². The van der Waals surface area contributed by atoms with Crippen molar-refractivity contribution in [1.82, 2.24) is 14.3 Å². The Balaban J connectivity index is 1.68. The van der Waals surface area contributed by atoms with E-state index in [9.17, 15) is 4.79 Å². The van der Waals surface area contributed by atoms with Gasteiger partial charge in [-0.15, -0.1) is 0 Å². The van der Waals surface area contributed by atoms with Gasteiger partial charge in [-0.25, -0.2) is 9.78 Å². The number of carbonyl (C=O) groups is 1. The van der Waals surface area contributed by atoms with Gasteiger partial charge in [0.2, 0.25) is 5.13 Å². The molecule has 0 N–H and O–H groups in total. The van der Waals surface area contributed by atoms with E-state index in [1.807, 2.05) is 25.7 Å². The van der Waals surface area contributed by atoms with Gasteiger partial charge in [-0.05, 0) is 46.5 Å². The van der Waals surface area contributed by atoms with Crippen LogP contribution >= 0.6 is 11.5 Å². The molecule has 2 aliphatic rings. The highest BCUT2D eigenvalue weighted by Crippen LogP contribution is 2.39. The van der Waals surface area contributed by atoms with Crippen molar-refractivity contribution in [1.29, 1.82) is 0 Å². The number of rotatable bonds is 2. The summed E-state index contributed by atoms with van der Waals surface area (Å²) in [5, 5.41) is 0.977. The van der Waals surface area contributed by atoms with Crippen LogP contribution in [0, 0.1) is 0 Å². The normalized spacial score (nSPS) is 26.1. The van der Waals surface area contributed by atoms with E-state index >= 15 is 0 Å². The summed E-state index contributed by atoms with van der Waals surface area (Å²) in [5.74, 6) is 0.901. The maximum absolute atomic E-state index is 12.6. The van der Waals surface area contributed by atoms with E-state index in [1.165, 1.54) is 11.5 Å². The second-order valence-electron chi connectivity index (χ2n) is 9.66. The molecule has 6 nitrogen and oxygen atoms in total. The summed E-state index contributed by atoms with van der Waals surface area (Å²) in [6.07, 6.45) is 3.92. The van der Waals surface area contributed by atoms with E-state index in [0.717, 1.165) is 36.6 Å². The molecular weight excluding hydrogens is 348 g/mol. The molecule has 2 atom stereocenters. The number of ether oxygens (including phenoxy) is 1. The molecule has 2 fully saturated rings. The van der Waals surface area contributed by atoms with Crippen LogP contribution in [-0.2, 0) is 10.2 Å². The van der Waals surface area contributed by atoms with Gasteiger partial charge in [0.05, 0.1) is 0 Å². The largest absolute Gasteiger partial charge is 0.444 e. The Labute approximate surface area is 161 Å². The molecular formula is C19H32N4O2S. The second-order valence-corrected chi connectivity index (χ2v) is 10.4. The predicted octanol–water partition coefficient (Wildman–Crippen LogP) is 4.20. The first-order valence-corrected chi connectivity index (χ1v) is 10.3. The molecule has 3 heterocycles. The summed E-state index contributed by atoms with van der Waals surface area (Å²) in [6.45, 7) is 12.2. The van der Waals surface area contributed by atoms with Gasteiger partial charge in [-0.1, -0.05) is 20.8 Å². The summed E-state index contributed by atoms with van der Waals surface area (Å²) in [5.41, 5.74) is -0.477. The summed E-state index contributed by atoms with van der Waals surface area (Å²) >= 11 is 1.48. The Bertz CT molecular complexity index is 647. The number of amides is 1. The van der Waals surface area contributed by atoms with Gasteiger partial charge >= 0.3 is 6.09 Å². The van der Waals surface area contributed by atoms with Gasteiger partial charge in [0.15, 0.2) is 0 Å². The number of hydrogen-bond acceptors (Lipinski definition) is 6. The quantitative estimate of drug-likeness (QED) is 0.769. The first-order chi connectivity index (χ1) is 12.0. The third kappa shape index (κ3) is 3.97. The minimum atomic E-state index is -0.444. The molecule has 0 radical (unpaired) electrons. The fraction of sp³-hybridized carbons (Fsp3) is 0.842. The molecule has 1 aromatic rings. The molecule has 1 aromatic heterocycles. The lowest BCUT2D eigenvalue weighted by atomic mass is 9.96. The lowest BCUT2D eigenvalue weighted by Crippen LogP contribution is -2.53. The summed E-state index contributed by atoms with van der Waals surface area (Å²) in [7, 11) is 2.11. The second kappa shape index (κ2) is 6.66. The number of nitrogens with zero attached hydrogens (tertiary/aromatic N) is 4. The lowest BCUT2D eigenvalue weighted by molar-refractivity contribution is 0.00599. The molecule has 2 aliphatic heterocycles. The number of fused-ring (bicyclic) bond motifs is 2. The van der Waals surface area contributed by atoms with Crippen LogP contribution in [0.5, 0.6) is 0 Å². The minimum Gasteiger partial charge on any atom is -0.444 e. The smallest absolute Gasteiger partial charge is 0.410 e. The molecule has 3 rings (SSSR count). The number of piperidine rings is 1. The van der Waals surface area contributed by atoms with Crippen LogP contribution in [0.15, 0.2) is 0 Å². The summed E-state index contributed by atoms with van der Waals surface area (Å²) in [4.78, 5) is 21.6. The van der Waals surface area contributed by atoms with Crippen molar-refractivity contribution in [3.63, 3.8) is 0 Å². The molecule has 146 valence electrons. The van der Waals surface area contributed by atoms with Crippen molar-refractivity contribution < 1.29 is 9.53 Å². The van der Waals surface area contributed by atoms with Gasteiger partial charge in [-0.2, -0.15) is 4.37 Å². The zero-order valence-corrected chi connectivity index (χ0v) is 17.9. The third-order valence-corrected chi connectivity index (χ3v) is 6.05. The SMILES string of the molecule is CN(c1nc(C(C)(C)C)ns1)C1CC2CCC(C1)N2C(=O)OC(C)(C)C. The van der Waals surface area contributed by atoms with Gasteiger partial charge in [0.25, 0.3) is 0 Å². The lowest BCUT2D eigenvalue weighted by Gasteiger charge is -2.42. The van der Waals surface area contributed by atoms with Gasteiger partial charge in [0, 0.05) is 42.1 Å². The number of anilines is 1. The van der Waals surface area contributed by atoms with Crippen LogP contribution in [-0.4, -0.2) is 51.1 Å². The van der Waals surface area contributed by atoms with E-state index < -0.39 is 5.60 Å². The molecule has 0 aliphatic carbocycles. The number of hydrogen-bond donors (Lipinski definition) is 0. The average Bonchev–Trinajstić information content (AvgIpc) is 3.08. The molecule has 2 unspecified atom stereocenters. The molecule has 1 amide bonds. The summed E-state index contributed by atoms with van der Waals surface area (Å²) < 4.78 is 10.2. The Kier molecular flexibility index (Phi) is 4.97. The van der Waals surface area contributed by atoms with Crippen molar-refractivity contribution in [3.8, 4) is 0 Å². The van der Waals surface area contributed by atoms with E-state index in [0.29, 0.717) is 6.04 Å². The predicted molar refractivity (Wildman–Crippen MR) is 105 cm³/mol. The van der Waals surface area contributed by atoms with Crippen molar-refractivity contribution in [3.05, 3.63) is 5.82 Å². The van der Waals surface area contributed by atoms with Crippen molar-refractivity contribution >= 4 is 22.8 Å². The molecule has 7 heteroatoms. The van der Waals surface area contributed by atoms with Crippen LogP contribution in [0.25, 0.3) is 0 Å². The highest BCUT2D eigenvalue weighted by Gasteiger charge is 2.46. The summed E-state index contributed by atoms with van der Waals surface area (Å²) in [6, 6.07) is 0.934. The van der Waals surface area contributed by atoms with Gasteiger partial charge in [0.1, 0.15) is 11.4 Å². The fourth-order valence-electron chi connectivity index (χ4n) is 3.90. The van der Waals surface area contributed by atoms with Crippen molar-refractivity contribution in [2.24, 2.45) is 0 Å². The molecule has 0 spiro atoms. The van der Waals surface area contributed by atoms with Crippen molar-refractivity contribution in [2.45, 2.75) is 96.4 Å². The first kappa shape index (κ1) is 19.4. The standard InChI is InChI=1S/C19H32N4O2S/c1-18(2,3)15-20-16(26-21-15)22(7)14-10-12-8-9-13(11-14)23(12)17(24)25-19(4,5)6/h12-14H,8-11H2,1-7H3. The van der Waals surface area contributed by atoms with E-state index in [2.05, 4.69) is 37.1 Å². The van der Waals surface area contributed by atoms with E-state index in [4.69, 9.17) is 9.72 Å². The minimum absolute atomic E-state index is 0.0330. The number of aromatic nitrogens is 2. The van der Waals surface area contributed by atoms with Gasteiger partial charge < -0.3 is 14.5 Å². The van der Waals surface area contributed by atoms with E-state index in [-0.39, 0.29) is 23.6 Å². The maximum Gasteiger partial charge on any atom is 0.410 e. The first-order valence-electron chi connectivity index (χ1n) is 9.54. The Hall–Kier alpha value is -1.37. The van der Waals surface area contributed by atoms with Crippen LogP contribution in [0.3, 0.4) is 0 Å². The van der Waals surface area contributed by atoms with Gasteiger partial charge in [-0.3, -0.25) is 0 Å². The topological polar surface area (TPSA) is 58.6 Å². The fourth-order valence-corrected chi connectivity index (χ4v) is 4.78. The van der Waals surface area contributed by atoms with E-state index in [1.54, 1.807) is 0 Å². The zero-order chi connectivity index (χ0) is 19.3. The highest BCUT2D eigenvalue weighted by molar-refractivity contribution is 7.09. The third-order valence-electron chi connectivity index (χ3n) is 5.25.